The summed E-state index contributed by atoms with van der Waals surface area (Å²) in [5.41, 5.74) is 0. The number of hydrogen-bond acceptors (Lipinski definition) is 1. The van der Waals surface area contributed by atoms with Crippen LogP contribution in [0.4, 0.5) is 17.6 Å². The first-order valence-electron chi connectivity index (χ1n) is 11.6. The fourth-order valence-electron chi connectivity index (χ4n) is 4.29. The Morgan fingerprint density at radius 3 is 1.52 bits per heavy atom. The molecule has 0 radical (unpaired) electrons. The lowest BCUT2D eigenvalue weighted by Crippen LogP contribution is -2.52. The molecule has 0 aliphatic heterocycles. The van der Waals surface area contributed by atoms with Crippen LogP contribution in [0.5, 0.6) is 5.75 Å². The average molecular weight is 495 g/mol. The molecule has 0 N–H and O–H groups in total. The van der Waals surface area contributed by atoms with E-state index in [1.165, 1.54) is 0 Å². The molecule has 0 heterocycles. The highest BCUT2D eigenvalue weighted by atomic mass is 28.4. The quantitative estimate of drug-likeness (QED) is 0.169. The molecule has 0 amide bonds. The molecule has 0 saturated heterocycles. The zero-order valence-electron chi connectivity index (χ0n) is 20.9. The normalized spacial score (nSPS) is 15.1. The molecule has 0 aliphatic rings. The Morgan fingerprint density at radius 1 is 0.742 bits per heavy atom. The number of hydrogen-bond donors (Lipinski definition) is 0. The van der Waals surface area contributed by atoms with Crippen LogP contribution < -0.4 is 4.43 Å². The van der Waals surface area contributed by atoms with E-state index in [1.807, 2.05) is 0 Å². The first-order chi connectivity index (χ1) is 14.1. The Kier molecular flexibility index (Phi) is 9.67. The molecule has 1 atom stereocenters. The van der Waals surface area contributed by atoms with Crippen molar-refractivity contribution in [3.63, 3.8) is 0 Å². The van der Waals surface area contributed by atoms with Crippen molar-refractivity contribution >= 4 is 24.5 Å². The van der Waals surface area contributed by atoms with E-state index in [9.17, 15) is 17.6 Å². The molecule has 0 fully saturated rings. The van der Waals surface area contributed by atoms with Crippen LogP contribution in [0.2, 0.25) is 67.0 Å². The molecule has 1 nitrogen and oxygen atoms in total. The van der Waals surface area contributed by atoms with Crippen LogP contribution in [-0.4, -0.2) is 24.5 Å². The second kappa shape index (κ2) is 10.5. The van der Waals surface area contributed by atoms with E-state index in [1.54, 1.807) is 0 Å². The van der Waals surface area contributed by atoms with Crippen LogP contribution in [0.15, 0.2) is 6.07 Å². The van der Waals surface area contributed by atoms with Crippen molar-refractivity contribution in [2.24, 2.45) is 0 Å². The summed E-state index contributed by atoms with van der Waals surface area (Å²) in [5, 5.41) is -0.344. The molecule has 0 spiro atoms. The molecule has 1 rings (SSSR count). The average Bonchev–Trinajstić information content (AvgIpc) is 2.67. The Hall–Kier alpha value is -0.609. The minimum absolute atomic E-state index is 0.253. The van der Waals surface area contributed by atoms with Gasteiger partial charge in [0.15, 0.2) is 17.4 Å². The van der Waals surface area contributed by atoms with Crippen LogP contribution >= 0.6 is 0 Å². The van der Waals surface area contributed by atoms with Gasteiger partial charge in [-0.15, -0.1) is 0 Å². The fourth-order valence-corrected chi connectivity index (χ4v) is 18.0. The second-order valence-electron chi connectivity index (χ2n) is 11.3. The van der Waals surface area contributed by atoms with Crippen molar-refractivity contribution in [1.82, 2.24) is 0 Å². The van der Waals surface area contributed by atoms with Gasteiger partial charge in [-0.3, -0.25) is 0 Å². The molecule has 31 heavy (non-hydrogen) atoms. The summed E-state index contributed by atoms with van der Waals surface area (Å²) in [6, 6.07) is 7.19. The highest BCUT2D eigenvalue weighted by Crippen LogP contribution is 2.48. The molecule has 8 heteroatoms. The maximum absolute atomic E-state index is 14.6. The van der Waals surface area contributed by atoms with Gasteiger partial charge in [0.25, 0.3) is 8.32 Å². The highest BCUT2D eigenvalue weighted by molar-refractivity contribution is 6.85. The molecule has 0 bridgehead atoms. The Balaban J connectivity index is 3.57. The zero-order chi connectivity index (χ0) is 24.3. The van der Waals surface area contributed by atoms with Gasteiger partial charge in [-0.1, -0.05) is 91.4 Å². The SMILES string of the molecule is CC[Si](CC)(CC)CC[Si](CC[Si](C)(C)C)(Oc1c(F)c(F)cc(F)c1F)C(C)(C)C. The van der Waals surface area contributed by atoms with E-state index >= 15 is 0 Å². The maximum atomic E-state index is 14.6. The van der Waals surface area contributed by atoms with Crippen molar-refractivity contribution in [2.45, 2.75) is 109 Å². The number of benzene rings is 1. The monoisotopic (exact) mass is 494 g/mol. The summed E-state index contributed by atoms with van der Waals surface area (Å²) < 4.78 is 63.5. The molecule has 0 aromatic heterocycles. The predicted octanol–water partition coefficient (Wildman–Crippen LogP) is 9.21. The molecular formula is C23H42F4OSi3. The third-order valence-electron chi connectivity index (χ3n) is 7.32. The van der Waals surface area contributed by atoms with Gasteiger partial charge in [-0.2, -0.15) is 8.78 Å². The lowest BCUT2D eigenvalue weighted by molar-refractivity contribution is 0.373. The van der Waals surface area contributed by atoms with E-state index in [0.29, 0.717) is 0 Å². The van der Waals surface area contributed by atoms with Crippen molar-refractivity contribution < 1.29 is 22.0 Å². The van der Waals surface area contributed by atoms with Gasteiger partial charge in [0.2, 0.25) is 11.6 Å². The van der Waals surface area contributed by atoms with Crippen LogP contribution in [0.1, 0.15) is 41.5 Å². The van der Waals surface area contributed by atoms with Crippen molar-refractivity contribution in [3.05, 3.63) is 29.3 Å². The van der Waals surface area contributed by atoms with Gasteiger partial charge in [-0.05, 0) is 17.1 Å². The Morgan fingerprint density at radius 2 is 1.16 bits per heavy atom. The van der Waals surface area contributed by atoms with Crippen molar-refractivity contribution in [3.8, 4) is 5.75 Å². The van der Waals surface area contributed by atoms with E-state index in [4.69, 9.17) is 4.43 Å². The summed E-state index contributed by atoms with van der Waals surface area (Å²) in [4.78, 5) is 0. The summed E-state index contributed by atoms with van der Waals surface area (Å²) in [6.07, 6.45) is 0. The molecule has 180 valence electrons. The minimum atomic E-state index is -2.86. The Labute approximate surface area is 190 Å². The lowest BCUT2D eigenvalue weighted by atomic mass is 10.2. The first-order valence-corrected chi connectivity index (χ1v) is 20.4. The molecule has 0 aliphatic carbocycles. The third kappa shape index (κ3) is 6.93. The summed E-state index contributed by atoms with van der Waals surface area (Å²) in [7, 11) is -5.86. The van der Waals surface area contributed by atoms with Crippen LogP contribution in [0.3, 0.4) is 0 Å². The smallest absolute Gasteiger partial charge is 0.256 e. The Bertz CT molecular complexity index is 705. The van der Waals surface area contributed by atoms with Crippen LogP contribution in [0, 0.1) is 23.3 Å². The molecule has 1 aromatic rings. The standard InChI is InChI=1S/C23H42F4OSi3/c1-10-30(11-2,12-3)14-16-31(23(4,5)6,15-13-29(7,8)9)28-22-20(26)18(24)17-19(25)21(22)27/h17H,10-16H2,1-9H3. The molecule has 1 aromatic carbocycles. The second-order valence-corrected chi connectivity index (χ2v) is 27.2. The highest BCUT2D eigenvalue weighted by Gasteiger charge is 2.50. The van der Waals surface area contributed by atoms with Crippen molar-refractivity contribution in [2.75, 3.05) is 0 Å². The minimum Gasteiger partial charge on any atom is -0.539 e. The maximum Gasteiger partial charge on any atom is 0.256 e. The van der Waals surface area contributed by atoms with Crippen LogP contribution in [0.25, 0.3) is 0 Å². The summed E-state index contributed by atoms with van der Waals surface area (Å²) in [6.45, 7) is 19.7. The molecule has 0 saturated carbocycles. The summed E-state index contributed by atoms with van der Waals surface area (Å²) in [5.74, 6) is -6.51. The number of halogens is 4. The van der Waals surface area contributed by atoms with Gasteiger partial charge < -0.3 is 4.43 Å². The fraction of sp³-hybridized carbons (Fsp3) is 0.739. The van der Waals surface area contributed by atoms with E-state index in [2.05, 4.69) is 61.2 Å². The summed E-state index contributed by atoms with van der Waals surface area (Å²) >= 11 is 0. The van der Waals surface area contributed by atoms with E-state index < -0.39 is 53.5 Å². The van der Waals surface area contributed by atoms with Crippen molar-refractivity contribution in [1.29, 1.82) is 0 Å². The topological polar surface area (TPSA) is 9.23 Å². The van der Waals surface area contributed by atoms with Gasteiger partial charge in [0, 0.05) is 14.1 Å². The number of rotatable bonds is 11. The van der Waals surface area contributed by atoms with Gasteiger partial charge >= 0.3 is 0 Å². The predicted molar refractivity (Wildman–Crippen MR) is 132 cm³/mol. The zero-order valence-corrected chi connectivity index (χ0v) is 23.9. The largest absolute Gasteiger partial charge is 0.539 e. The first kappa shape index (κ1) is 28.4. The third-order valence-corrected chi connectivity index (χ3v) is 21.3. The molecule has 1 unspecified atom stereocenters. The van der Waals surface area contributed by atoms with Gasteiger partial charge in [-0.25, -0.2) is 8.78 Å². The van der Waals surface area contributed by atoms with E-state index in [-0.39, 0.29) is 11.1 Å². The van der Waals surface area contributed by atoms with E-state index in [0.717, 1.165) is 42.3 Å². The lowest BCUT2D eigenvalue weighted by Gasteiger charge is -2.45. The van der Waals surface area contributed by atoms with Gasteiger partial charge in [0.1, 0.15) is 0 Å². The van der Waals surface area contributed by atoms with Crippen LogP contribution in [-0.2, 0) is 0 Å². The van der Waals surface area contributed by atoms with Gasteiger partial charge in [0.05, 0.1) is 8.07 Å². The molecular weight excluding hydrogens is 453 g/mol.